The summed E-state index contributed by atoms with van der Waals surface area (Å²) in [5.41, 5.74) is 0. The van der Waals surface area contributed by atoms with E-state index >= 15 is 0 Å². The lowest BCUT2D eigenvalue weighted by atomic mass is 10.1. The Bertz CT molecular complexity index is 952. The van der Waals surface area contributed by atoms with E-state index in [1.807, 2.05) is 0 Å². The summed E-state index contributed by atoms with van der Waals surface area (Å²) in [6.07, 6.45) is 35.4. The van der Waals surface area contributed by atoms with E-state index < -0.39 is 51.8 Å². The van der Waals surface area contributed by atoms with Crippen LogP contribution in [-0.4, -0.2) is 65.7 Å². The molecule has 0 aliphatic heterocycles. The topological polar surface area (TPSA) is 149 Å². The second-order valence-corrected chi connectivity index (χ2v) is 14.8. The Morgan fingerprint density at radius 3 is 1.57 bits per heavy atom. The number of esters is 2. The summed E-state index contributed by atoms with van der Waals surface area (Å²) in [5.74, 6) is -0.950. The van der Waals surface area contributed by atoms with Crippen molar-refractivity contribution in [1.29, 1.82) is 0 Å². The van der Waals surface area contributed by atoms with Gasteiger partial charge in [-0.2, -0.15) is 0 Å². The monoisotopic (exact) mass is 744 g/mol. The molecule has 3 N–H and O–H groups in total. The van der Waals surface area contributed by atoms with Crippen LogP contribution >= 0.6 is 7.82 Å². The van der Waals surface area contributed by atoms with Crippen LogP contribution in [0, 0.1) is 0 Å². The molecule has 0 aromatic carbocycles. The van der Waals surface area contributed by atoms with Crippen LogP contribution in [0.4, 0.5) is 0 Å². The van der Waals surface area contributed by atoms with Crippen molar-refractivity contribution < 1.29 is 47.8 Å². The molecule has 0 saturated heterocycles. The molecule has 0 radical (unpaired) electrons. The predicted molar refractivity (Wildman–Crippen MR) is 205 cm³/mol. The van der Waals surface area contributed by atoms with Gasteiger partial charge in [-0.1, -0.05) is 140 Å². The summed E-state index contributed by atoms with van der Waals surface area (Å²) in [6, 6.07) is 0. The third-order valence-corrected chi connectivity index (χ3v) is 9.25. The van der Waals surface area contributed by atoms with Crippen molar-refractivity contribution >= 4 is 19.8 Å². The van der Waals surface area contributed by atoms with Gasteiger partial charge in [-0.3, -0.25) is 18.6 Å². The number of hydrogen-bond donors (Lipinski definition) is 3. The number of aliphatic hydroxyl groups is 2. The fourth-order valence-electron chi connectivity index (χ4n) is 5.18. The summed E-state index contributed by atoms with van der Waals surface area (Å²) >= 11 is 0. The molecule has 0 spiro atoms. The van der Waals surface area contributed by atoms with Gasteiger partial charge in [0, 0.05) is 12.8 Å². The number of phosphoric ester groups is 1. The number of ether oxygens (including phenoxy) is 2. The van der Waals surface area contributed by atoms with Crippen LogP contribution in [0.2, 0.25) is 0 Å². The third-order valence-electron chi connectivity index (χ3n) is 8.30. The summed E-state index contributed by atoms with van der Waals surface area (Å²) in [4.78, 5) is 34.8. The summed E-state index contributed by atoms with van der Waals surface area (Å²) < 4.78 is 32.6. The molecule has 51 heavy (non-hydrogen) atoms. The zero-order valence-electron chi connectivity index (χ0n) is 32.1. The van der Waals surface area contributed by atoms with Crippen LogP contribution in [0.5, 0.6) is 0 Å². The van der Waals surface area contributed by atoms with E-state index in [4.69, 9.17) is 19.1 Å². The van der Waals surface area contributed by atoms with Gasteiger partial charge in [0.15, 0.2) is 6.10 Å². The van der Waals surface area contributed by atoms with Gasteiger partial charge in [0.2, 0.25) is 0 Å². The van der Waals surface area contributed by atoms with E-state index in [1.165, 1.54) is 70.6 Å². The predicted octanol–water partition coefficient (Wildman–Crippen LogP) is 10.00. The van der Waals surface area contributed by atoms with Crippen molar-refractivity contribution in [3.05, 3.63) is 36.5 Å². The zero-order valence-corrected chi connectivity index (χ0v) is 33.0. The third kappa shape index (κ3) is 36.3. The molecule has 10 nitrogen and oxygen atoms in total. The molecule has 0 heterocycles. The standard InChI is InChI=1S/C40H73O10P/c1-3-5-7-9-11-13-15-16-17-18-19-20-22-24-26-28-30-32-40(44)50-38(36-49-51(45,46)48-34-37(42)33-41)35-47-39(43)31-29-27-25-23-21-14-12-10-8-6-4-2/h11,13,16-17,19-20,37-38,41-42H,3-10,12,14-15,18,21-36H2,1-2H3,(H,45,46)/b13-11+,17-16+,20-19+/t37-,38+/m0/s1. The minimum absolute atomic E-state index is 0.160. The molecule has 0 saturated carbocycles. The number of carbonyl (C=O) groups excluding carboxylic acids is 2. The van der Waals surface area contributed by atoms with Crippen LogP contribution in [0.25, 0.3) is 0 Å². The largest absolute Gasteiger partial charge is 0.472 e. The van der Waals surface area contributed by atoms with Crippen molar-refractivity contribution in [2.45, 2.75) is 180 Å². The average Bonchev–Trinajstić information content (AvgIpc) is 3.12. The molecule has 11 heteroatoms. The van der Waals surface area contributed by atoms with Crippen LogP contribution in [0.15, 0.2) is 36.5 Å². The number of unbranched alkanes of at least 4 members (excludes halogenated alkanes) is 17. The number of carbonyl (C=O) groups is 2. The Hall–Kier alpha value is -1.81. The average molecular weight is 745 g/mol. The van der Waals surface area contributed by atoms with Crippen LogP contribution in [0.1, 0.15) is 168 Å². The molecule has 0 aromatic heterocycles. The first-order valence-corrected chi connectivity index (χ1v) is 21.4. The lowest BCUT2D eigenvalue weighted by Crippen LogP contribution is -2.29. The first-order valence-electron chi connectivity index (χ1n) is 19.9. The van der Waals surface area contributed by atoms with Crippen molar-refractivity contribution in [2.24, 2.45) is 0 Å². The summed E-state index contributed by atoms with van der Waals surface area (Å²) in [5, 5.41) is 18.3. The van der Waals surface area contributed by atoms with Gasteiger partial charge >= 0.3 is 19.8 Å². The van der Waals surface area contributed by atoms with Crippen molar-refractivity contribution in [1.82, 2.24) is 0 Å². The highest BCUT2D eigenvalue weighted by atomic mass is 31.2. The maximum atomic E-state index is 12.6. The maximum absolute atomic E-state index is 12.6. The van der Waals surface area contributed by atoms with E-state index in [1.54, 1.807) is 0 Å². The van der Waals surface area contributed by atoms with E-state index in [2.05, 4.69) is 54.8 Å². The fraction of sp³-hybridized carbons (Fsp3) is 0.800. The maximum Gasteiger partial charge on any atom is 0.472 e. The number of allylic oxidation sites excluding steroid dienone is 6. The lowest BCUT2D eigenvalue weighted by Gasteiger charge is -2.20. The zero-order chi connectivity index (χ0) is 37.7. The number of aliphatic hydroxyl groups excluding tert-OH is 2. The van der Waals surface area contributed by atoms with Crippen molar-refractivity contribution in [2.75, 3.05) is 26.4 Å². The molecule has 1 unspecified atom stereocenters. The van der Waals surface area contributed by atoms with Gasteiger partial charge in [-0.05, 0) is 51.4 Å². The molecule has 0 aromatic rings. The van der Waals surface area contributed by atoms with Gasteiger partial charge < -0.3 is 24.6 Å². The molecule has 0 bridgehead atoms. The number of hydrogen-bond acceptors (Lipinski definition) is 9. The minimum atomic E-state index is -4.62. The first-order chi connectivity index (χ1) is 24.7. The van der Waals surface area contributed by atoms with Gasteiger partial charge in [0.1, 0.15) is 12.7 Å². The van der Waals surface area contributed by atoms with Gasteiger partial charge in [0.05, 0.1) is 19.8 Å². The SMILES string of the molecule is CCCCC/C=C/C/C=C/C/C=C/CCCCCCC(=O)O[C@H](COC(=O)CCCCCCCCCCCCC)COP(=O)(O)OC[C@@H](O)CO. The van der Waals surface area contributed by atoms with Gasteiger partial charge in [-0.15, -0.1) is 0 Å². The number of rotatable bonds is 37. The van der Waals surface area contributed by atoms with Crippen LogP contribution in [0.3, 0.4) is 0 Å². The van der Waals surface area contributed by atoms with E-state index in [0.717, 1.165) is 57.8 Å². The van der Waals surface area contributed by atoms with Crippen molar-refractivity contribution in [3.63, 3.8) is 0 Å². The van der Waals surface area contributed by atoms with Crippen LogP contribution in [-0.2, 0) is 32.7 Å². The molecule has 3 atom stereocenters. The molecule has 0 aliphatic rings. The smallest absolute Gasteiger partial charge is 0.462 e. The second-order valence-electron chi connectivity index (χ2n) is 13.3. The fourth-order valence-corrected chi connectivity index (χ4v) is 5.96. The Morgan fingerprint density at radius 2 is 1.02 bits per heavy atom. The summed E-state index contributed by atoms with van der Waals surface area (Å²) in [7, 11) is -4.62. The Kier molecular flexibility index (Phi) is 35.2. The highest BCUT2D eigenvalue weighted by molar-refractivity contribution is 7.47. The molecular weight excluding hydrogens is 671 g/mol. The first kappa shape index (κ1) is 49.2. The Labute approximate surface area is 310 Å². The van der Waals surface area contributed by atoms with Gasteiger partial charge in [-0.25, -0.2) is 4.57 Å². The Balaban J connectivity index is 4.39. The second kappa shape index (κ2) is 36.5. The van der Waals surface area contributed by atoms with E-state index in [9.17, 15) is 24.2 Å². The quantitative estimate of drug-likeness (QED) is 0.0243. The van der Waals surface area contributed by atoms with Crippen molar-refractivity contribution in [3.8, 4) is 0 Å². The molecule has 0 aliphatic carbocycles. The molecule has 0 fully saturated rings. The number of phosphoric acid groups is 1. The minimum Gasteiger partial charge on any atom is -0.462 e. The highest BCUT2D eigenvalue weighted by Crippen LogP contribution is 2.43. The molecule has 0 amide bonds. The van der Waals surface area contributed by atoms with E-state index in [0.29, 0.717) is 12.8 Å². The van der Waals surface area contributed by atoms with Crippen LogP contribution < -0.4 is 0 Å². The van der Waals surface area contributed by atoms with Gasteiger partial charge in [0.25, 0.3) is 0 Å². The summed E-state index contributed by atoms with van der Waals surface area (Å²) in [6.45, 7) is 2.31. The molecule has 298 valence electrons. The normalized spacial score (nSPS) is 14.4. The molecule has 0 rings (SSSR count). The van der Waals surface area contributed by atoms with E-state index in [-0.39, 0.29) is 19.4 Å². The highest BCUT2D eigenvalue weighted by Gasteiger charge is 2.27. The Morgan fingerprint density at radius 1 is 0.588 bits per heavy atom. The lowest BCUT2D eigenvalue weighted by molar-refractivity contribution is -0.161. The molecular formula is C40H73O10P.